The molecule has 0 spiro atoms. The first kappa shape index (κ1) is 12.4. The molecule has 1 aliphatic carbocycles. The summed E-state index contributed by atoms with van der Waals surface area (Å²) in [5, 5.41) is 0. The smallest absolute Gasteiger partial charge is 0.0105 e. The lowest BCUT2D eigenvalue weighted by Gasteiger charge is -2.36. The Balaban J connectivity index is 1.86. The number of hydrogen-bond acceptors (Lipinski definition) is 2. The Labute approximate surface area is 101 Å². The van der Waals surface area contributed by atoms with E-state index in [0.29, 0.717) is 11.5 Å². The van der Waals surface area contributed by atoms with Gasteiger partial charge in [0, 0.05) is 12.6 Å². The summed E-state index contributed by atoms with van der Waals surface area (Å²) in [5.74, 6) is 0. The summed E-state index contributed by atoms with van der Waals surface area (Å²) in [6.45, 7) is 6.27. The molecule has 2 heteroatoms. The Morgan fingerprint density at radius 3 is 2.25 bits per heavy atom. The first-order chi connectivity index (χ1) is 7.71. The van der Waals surface area contributed by atoms with E-state index in [0.717, 1.165) is 0 Å². The van der Waals surface area contributed by atoms with Gasteiger partial charge in [-0.1, -0.05) is 32.6 Å². The number of nitrogens with two attached hydrogens (primary N) is 1. The van der Waals surface area contributed by atoms with Gasteiger partial charge in [0.05, 0.1) is 0 Å². The highest BCUT2D eigenvalue weighted by molar-refractivity contribution is 4.93. The molecule has 16 heavy (non-hydrogen) atoms. The standard InChI is InChI=1S/C14H28N2/c1-14(9-7-8-13(14)15)12-16-10-5-3-2-4-6-11-16/h13H,2-12,15H2,1H3. The van der Waals surface area contributed by atoms with E-state index >= 15 is 0 Å². The summed E-state index contributed by atoms with van der Waals surface area (Å²) < 4.78 is 0. The second-order valence-electron chi connectivity index (χ2n) is 6.20. The van der Waals surface area contributed by atoms with Gasteiger partial charge in [0.2, 0.25) is 0 Å². The van der Waals surface area contributed by atoms with Gasteiger partial charge >= 0.3 is 0 Å². The fraction of sp³-hybridized carbons (Fsp3) is 1.00. The summed E-state index contributed by atoms with van der Waals surface area (Å²) >= 11 is 0. The maximum absolute atomic E-state index is 6.27. The van der Waals surface area contributed by atoms with E-state index in [4.69, 9.17) is 5.73 Å². The van der Waals surface area contributed by atoms with Gasteiger partial charge in [-0.3, -0.25) is 0 Å². The van der Waals surface area contributed by atoms with Crippen molar-refractivity contribution in [2.24, 2.45) is 11.1 Å². The van der Waals surface area contributed by atoms with Gasteiger partial charge in [0.1, 0.15) is 0 Å². The Kier molecular flexibility index (Phi) is 4.26. The van der Waals surface area contributed by atoms with Crippen LogP contribution in [0.5, 0.6) is 0 Å². The van der Waals surface area contributed by atoms with Crippen molar-refractivity contribution in [3.63, 3.8) is 0 Å². The van der Waals surface area contributed by atoms with Crippen LogP contribution in [0.1, 0.15) is 58.3 Å². The summed E-state index contributed by atoms with van der Waals surface area (Å²) in [7, 11) is 0. The molecule has 1 heterocycles. The van der Waals surface area contributed by atoms with Gasteiger partial charge in [-0.25, -0.2) is 0 Å². The Bertz CT molecular complexity index is 209. The number of hydrogen-bond donors (Lipinski definition) is 1. The third-order valence-corrected chi connectivity index (χ3v) is 4.69. The molecule has 2 nitrogen and oxygen atoms in total. The van der Waals surface area contributed by atoms with Crippen molar-refractivity contribution in [1.82, 2.24) is 4.90 Å². The van der Waals surface area contributed by atoms with Crippen LogP contribution in [0.15, 0.2) is 0 Å². The lowest BCUT2D eigenvalue weighted by atomic mass is 9.84. The minimum Gasteiger partial charge on any atom is -0.327 e. The maximum Gasteiger partial charge on any atom is 0.0105 e. The molecule has 94 valence electrons. The van der Waals surface area contributed by atoms with Crippen LogP contribution in [0.25, 0.3) is 0 Å². The fourth-order valence-corrected chi connectivity index (χ4v) is 3.44. The normalized spacial score (nSPS) is 38.2. The van der Waals surface area contributed by atoms with Gasteiger partial charge < -0.3 is 10.6 Å². The summed E-state index contributed by atoms with van der Waals surface area (Å²) in [5.41, 5.74) is 6.68. The first-order valence-electron chi connectivity index (χ1n) is 7.19. The molecule has 2 aliphatic rings. The molecule has 0 aromatic heterocycles. The number of rotatable bonds is 2. The SMILES string of the molecule is CC1(CN2CCCCCCC2)CCCC1N. The van der Waals surface area contributed by atoms with E-state index < -0.39 is 0 Å². The van der Waals surface area contributed by atoms with Crippen molar-refractivity contribution in [3.8, 4) is 0 Å². The lowest BCUT2D eigenvalue weighted by molar-refractivity contribution is 0.143. The third-order valence-electron chi connectivity index (χ3n) is 4.69. The summed E-state index contributed by atoms with van der Waals surface area (Å²) in [6.07, 6.45) is 11.0. The molecule has 2 unspecified atom stereocenters. The number of likely N-dealkylation sites (tertiary alicyclic amines) is 1. The maximum atomic E-state index is 6.27. The van der Waals surface area contributed by atoms with Crippen LogP contribution in [0.4, 0.5) is 0 Å². The molecule has 1 saturated carbocycles. The van der Waals surface area contributed by atoms with Crippen LogP contribution in [-0.4, -0.2) is 30.6 Å². The van der Waals surface area contributed by atoms with Gasteiger partial charge in [-0.2, -0.15) is 0 Å². The molecule has 1 saturated heterocycles. The summed E-state index contributed by atoms with van der Waals surface area (Å²) in [4.78, 5) is 2.68. The van der Waals surface area contributed by atoms with Gasteiger partial charge in [-0.15, -0.1) is 0 Å². The van der Waals surface area contributed by atoms with E-state index in [1.54, 1.807) is 0 Å². The largest absolute Gasteiger partial charge is 0.327 e. The minimum atomic E-state index is 0.402. The van der Waals surface area contributed by atoms with Crippen molar-refractivity contribution in [2.75, 3.05) is 19.6 Å². The first-order valence-corrected chi connectivity index (χ1v) is 7.19. The average Bonchev–Trinajstić information content (AvgIpc) is 2.52. The summed E-state index contributed by atoms with van der Waals surface area (Å²) in [6, 6.07) is 0.443. The van der Waals surface area contributed by atoms with E-state index in [1.807, 2.05) is 0 Å². The Morgan fingerprint density at radius 1 is 1.06 bits per heavy atom. The van der Waals surface area contributed by atoms with Crippen LogP contribution in [-0.2, 0) is 0 Å². The zero-order valence-electron chi connectivity index (χ0n) is 10.9. The molecule has 0 amide bonds. The molecule has 2 fully saturated rings. The highest BCUT2D eigenvalue weighted by Gasteiger charge is 2.37. The van der Waals surface area contributed by atoms with Crippen LogP contribution < -0.4 is 5.73 Å². The van der Waals surface area contributed by atoms with Crippen molar-refractivity contribution in [1.29, 1.82) is 0 Å². The zero-order valence-corrected chi connectivity index (χ0v) is 10.9. The lowest BCUT2D eigenvalue weighted by Crippen LogP contribution is -2.45. The second kappa shape index (κ2) is 5.50. The predicted molar refractivity (Wildman–Crippen MR) is 69.5 cm³/mol. The quantitative estimate of drug-likeness (QED) is 0.781. The third kappa shape index (κ3) is 2.98. The predicted octanol–water partition coefficient (Wildman–Crippen LogP) is 2.77. The molecule has 1 aliphatic heterocycles. The fourth-order valence-electron chi connectivity index (χ4n) is 3.44. The van der Waals surface area contributed by atoms with E-state index in [-0.39, 0.29) is 0 Å². The van der Waals surface area contributed by atoms with Crippen LogP contribution in [0.3, 0.4) is 0 Å². The van der Waals surface area contributed by atoms with Crippen LogP contribution in [0, 0.1) is 5.41 Å². The van der Waals surface area contributed by atoms with Gasteiger partial charge in [0.25, 0.3) is 0 Å². The molecule has 2 N–H and O–H groups in total. The molecular weight excluding hydrogens is 196 g/mol. The van der Waals surface area contributed by atoms with Gasteiger partial charge in [-0.05, 0) is 44.2 Å². The van der Waals surface area contributed by atoms with E-state index in [9.17, 15) is 0 Å². The van der Waals surface area contributed by atoms with Crippen molar-refractivity contribution >= 4 is 0 Å². The molecule has 0 aromatic carbocycles. The second-order valence-corrected chi connectivity index (χ2v) is 6.20. The molecule has 0 bridgehead atoms. The van der Waals surface area contributed by atoms with Crippen LogP contribution >= 0.6 is 0 Å². The number of nitrogens with zero attached hydrogens (tertiary/aromatic N) is 1. The van der Waals surface area contributed by atoms with E-state index in [2.05, 4.69) is 11.8 Å². The van der Waals surface area contributed by atoms with E-state index in [1.165, 1.54) is 71.0 Å². The van der Waals surface area contributed by atoms with Crippen molar-refractivity contribution in [2.45, 2.75) is 64.3 Å². The average molecular weight is 224 g/mol. The monoisotopic (exact) mass is 224 g/mol. The molecule has 2 rings (SSSR count). The molecule has 2 atom stereocenters. The minimum absolute atomic E-state index is 0.402. The highest BCUT2D eigenvalue weighted by atomic mass is 15.1. The van der Waals surface area contributed by atoms with Crippen molar-refractivity contribution < 1.29 is 0 Å². The molecule has 0 radical (unpaired) electrons. The topological polar surface area (TPSA) is 29.3 Å². The highest BCUT2D eigenvalue weighted by Crippen LogP contribution is 2.37. The van der Waals surface area contributed by atoms with Crippen molar-refractivity contribution in [3.05, 3.63) is 0 Å². The Hall–Kier alpha value is -0.0800. The van der Waals surface area contributed by atoms with Gasteiger partial charge in [0.15, 0.2) is 0 Å². The Morgan fingerprint density at radius 2 is 1.69 bits per heavy atom. The van der Waals surface area contributed by atoms with Crippen LogP contribution in [0.2, 0.25) is 0 Å². The zero-order chi connectivity index (χ0) is 11.4. The molecule has 0 aromatic rings. The molecular formula is C14H28N2.